The minimum atomic E-state index is -0.316. The quantitative estimate of drug-likeness (QED) is 0.248. The molecule has 0 bridgehead atoms. The lowest BCUT2D eigenvalue weighted by Crippen LogP contribution is -2.32. The third kappa shape index (κ3) is 6.31. The molecule has 2 aromatic heterocycles. The van der Waals surface area contributed by atoms with E-state index in [1.54, 1.807) is 13.3 Å². The Balaban J connectivity index is 1.74. The van der Waals surface area contributed by atoms with Crippen molar-refractivity contribution in [2.24, 2.45) is 7.05 Å². The normalized spacial score (nSPS) is 10.9. The van der Waals surface area contributed by atoms with Gasteiger partial charge in [0, 0.05) is 56.1 Å². The fourth-order valence-corrected chi connectivity index (χ4v) is 4.82. The van der Waals surface area contributed by atoms with Crippen LogP contribution in [0.1, 0.15) is 18.1 Å². The molecule has 0 saturated carbocycles. The lowest BCUT2D eigenvalue weighted by atomic mass is 10.0. The maximum absolute atomic E-state index is 12.4. The van der Waals surface area contributed by atoms with Gasteiger partial charge in [-0.15, -0.1) is 0 Å². The van der Waals surface area contributed by atoms with Gasteiger partial charge in [0.25, 0.3) is 0 Å². The Morgan fingerprint density at radius 2 is 2.00 bits per heavy atom. The first-order valence-corrected chi connectivity index (χ1v) is 13.3. The van der Waals surface area contributed by atoms with Crippen molar-refractivity contribution >= 4 is 39.8 Å². The van der Waals surface area contributed by atoms with Gasteiger partial charge >= 0.3 is 0 Å². The van der Waals surface area contributed by atoms with Crippen molar-refractivity contribution in [1.29, 1.82) is 5.26 Å². The van der Waals surface area contributed by atoms with Gasteiger partial charge in [0.1, 0.15) is 11.8 Å². The smallest absolute Gasteiger partial charge is 0.247 e. The zero-order valence-corrected chi connectivity index (χ0v) is 24.4. The highest BCUT2D eigenvalue weighted by Crippen LogP contribution is 2.38. The van der Waals surface area contributed by atoms with E-state index in [0.717, 1.165) is 47.4 Å². The summed E-state index contributed by atoms with van der Waals surface area (Å²) in [5.74, 6) is 0.601. The summed E-state index contributed by atoms with van der Waals surface area (Å²) in [6.45, 7) is 10.0. The van der Waals surface area contributed by atoms with Crippen LogP contribution in [0.4, 0.5) is 23.0 Å². The monoisotopic (exact) mass is 552 g/mol. The molecule has 0 radical (unpaired) electrons. The molecule has 2 heterocycles. The number of hydrogen-bond donors (Lipinski definition) is 2. The molecule has 10 heteroatoms. The average Bonchev–Trinajstić information content (AvgIpc) is 3.26. The molecule has 0 unspecified atom stereocenters. The summed E-state index contributed by atoms with van der Waals surface area (Å²) < 4.78 is 7.72. The molecule has 0 aliphatic carbocycles. The van der Waals surface area contributed by atoms with Crippen LogP contribution in [0.3, 0.4) is 0 Å². The summed E-state index contributed by atoms with van der Waals surface area (Å²) in [4.78, 5) is 25.8. The molecular weight excluding hydrogens is 516 g/mol. The number of aryl methyl sites for hydroxylation is 2. The largest absolute Gasteiger partial charge is 0.494 e. The van der Waals surface area contributed by atoms with Crippen LogP contribution in [0, 0.1) is 18.3 Å². The molecule has 4 aromatic rings. The molecule has 0 spiro atoms. The van der Waals surface area contributed by atoms with Gasteiger partial charge in [-0.25, -0.2) is 9.97 Å². The third-order valence-electron chi connectivity index (χ3n) is 6.89. The molecule has 0 aliphatic rings. The van der Waals surface area contributed by atoms with E-state index in [0.29, 0.717) is 34.3 Å². The summed E-state index contributed by atoms with van der Waals surface area (Å²) in [6.07, 6.45) is 4.92. The van der Waals surface area contributed by atoms with E-state index in [2.05, 4.69) is 45.0 Å². The van der Waals surface area contributed by atoms with Crippen LogP contribution in [-0.2, 0) is 11.8 Å². The zero-order chi connectivity index (χ0) is 29.7. The second kappa shape index (κ2) is 12.5. The Labute approximate surface area is 240 Å². The number of amides is 1. The van der Waals surface area contributed by atoms with Crippen LogP contribution in [0.15, 0.2) is 55.4 Å². The van der Waals surface area contributed by atoms with Crippen molar-refractivity contribution < 1.29 is 9.53 Å². The molecule has 0 aliphatic heterocycles. The highest BCUT2D eigenvalue weighted by atomic mass is 16.5. The summed E-state index contributed by atoms with van der Waals surface area (Å²) in [5, 5.41) is 17.0. The SMILES string of the molecule is C=CC(=O)Nc1cc(Nc2nccc(-c3cc(C#N)c4c(c3)c(C)cn4C)n2)c(OC)cc1N(CC)CCN(C)C. The van der Waals surface area contributed by atoms with Crippen LogP contribution in [0.5, 0.6) is 5.75 Å². The van der Waals surface area contributed by atoms with Crippen molar-refractivity contribution in [2.75, 3.05) is 56.4 Å². The number of nitriles is 1. The first-order valence-electron chi connectivity index (χ1n) is 13.3. The minimum Gasteiger partial charge on any atom is -0.494 e. The fourth-order valence-electron chi connectivity index (χ4n) is 4.82. The van der Waals surface area contributed by atoms with E-state index in [1.165, 1.54) is 6.08 Å². The second-order valence-electron chi connectivity index (χ2n) is 9.99. The zero-order valence-electron chi connectivity index (χ0n) is 24.4. The molecular formula is C31H36N8O2. The van der Waals surface area contributed by atoms with Crippen molar-refractivity contribution in [2.45, 2.75) is 13.8 Å². The predicted octanol–water partition coefficient (Wildman–Crippen LogP) is 5.08. The topological polar surface area (TPSA) is 111 Å². The molecule has 41 heavy (non-hydrogen) atoms. The number of ether oxygens (including phenoxy) is 1. The van der Waals surface area contributed by atoms with Crippen molar-refractivity contribution in [3.63, 3.8) is 0 Å². The third-order valence-corrected chi connectivity index (χ3v) is 6.89. The Bertz CT molecular complexity index is 1630. The first-order chi connectivity index (χ1) is 19.7. The molecule has 2 aromatic carbocycles. The van der Waals surface area contributed by atoms with Crippen LogP contribution >= 0.6 is 0 Å². The standard InChI is InChI=1S/C31H36N8O2/c1-8-29(40)34-25-16-26(28(41-7)17-27(25)39(9-2)13-12-37(4)5)36-31-33-11-10-24(35-31)21-14-22(18-32)30-23(15-21)20(3)19-38(30)6/h8,10-11,14-17,19H,1,9,12-13H2,2-7H3,(H,34,40)(H,33,35,36). The number of carbonyl (C=O) groups excluding carboxylic acids is 1. The number of fused-ring (bicyclic) bond motifs is 1. The Hall–Kier alpha value is -4.88. The van der Waals surface area contributed by atoms with Crippen molar-refractivity contribution in [3.05, 3.63) is 66.5 Å². The van der Waals surface area contributed by atoms with Crippen LogP contribution in [0.25, 0.3) is 22.2 Å². The van der Waals surface area contributed by atoms with Gasteiger partial charge in [0.2, 0.25) is 11.9 Å². The predicted molar refractivity (Wildman–Crippen MR) is 165 cm³/mol. The first kappa shape index (κ1) is 29.1. The van der Waals surface area contributed by atoms with E-state index in [-0.39, 0.29) is 5.91 Å². The summed E-state index contributed by atoms with van der Waals surface area (Å²) in [5.41, 5.74) is 6.07. The van der Waals surface area contributed by atoms with E-state index in [1.807, 2.05) is 69.2 Å². The van der Waals surface area contributed by atoms with Gasteiger partial charge in [0.05, 0.1) is 40.9 Å². The lowest BCUT2D eigenvalue weighted by molar-refractivity contribution is -0.111. The van der Waals surface area contributed by atoms with E-state index < -0.39 is 0 Å². The lowest BCUT2D eigenvalue weighted by Gasteiger charge is -2.28. The Morgan fingerprint density at radius 3 is 2.66 bits per heavy atom. The summed E-state index contributed by atoms with van der Waals surface area (Å²) >= 11 is 0. The number of anilines is 4. The Kier molecular flexibility index (Phi) is 8.90. The molecule has 0 saturated heterocycles. The number of hydrogen-bond acceptors (Lipinski definition) is 8. The van der Waals surface area contributed by atoms with Gasteiger partial charge in [-0.2, -0.15) is 5.26 Å². The molecule has 10 nitrogen and oxygen atoms in total. The second-order valence-corrected chi connectivity index (χ2v) is 9.99. The van der Waals surface area contributed by atoms with Gasteiger partial charge in [-0.3, -0.25) is 4.79 Å². The fraction of sp³-hybridized carbons (Fsp3) is 0.290. The number of rotatable bonds is 11. The van der Waals surface area contributed by atoms with E-state index in [4.69, 9.17) is 9.72 Å². The van der Waals surface area contributed by atoms with Crippen LogP contribution < -0.4 is 20.3 Å². The molecule has 212 valence electrons. The molecule has 1 amide bonds. The van der Waals surface area contributed by atoms with Gasteiger partial charge in [-0.05, 0) is 63.8 Å². The highest BCUT2D eigenvalue weighted by Gasteiger charge is 2.18. The molecule has 4 rings (SSSR count). The Morgan fingerprint density at radius 1 is 1.22 bits per heavy atom. The summed E-state index contributed by atoms with van der Waals surface area (Å²) in [6, 6.07) is 11.7. The minimum absolute atomic E-state index is 0.316. The van der Waals surface area contributed by atoms with Gasteiger partial charge in [-0.1, -0.05) is 6.58 Å². The van der Waals surface area contributed by atoms with Crippen LogP contribution in [0.2, 0.25) is 0 Å². The van der Waals surface area contributed by atoms with E-state index in [9.17, 15) is 10.1 Å². The van der Waals surface area contributed by atoms with Crippen LogP contribution in [-0.4, -0.2) is 66.2 Å². The van der Waals surface area contributed by atoms with Gasteiger partial charge in [0.15, 0.2) is 0 Å². The average molecular weight is 553 g/mol. The number of nitrogens with zero attached hydrogens (tertiary/aromatic N) is 6. The van der Waals surface area contributed by atoms with Gasteiger partial charge < -0.3 is 29.7 Å². The maximum atomic E-state index is 12.4. The number of aromatic nitrogens is 3. The van der Waals surface area contributed by atoms with E-state index >= 15 is 0 Å². The number of methoxy groups -OCH3 is 1. The molecule has 0 fully saturated rings. The molecule has 0 atom stereocenters. The maximum Gasteiger partial charge on any atom is 0.247 e. The summed E-state index contributed by atoms with van der Waals surface area (Å²) in [7, 11) is 7.59. The number of nitrogens with one attached hydrogen (secondary N) is 2. The number of carbonyl (C=O) groups is 1. The highest BCUT2D eigenvalue weighted by molar-refractivity contribution is 6.02. The number of benzene rings is 2. The van der Waals surface area contributed by atoms with Crippen molar-refractivity contribution in [3.8, 4) is 23.1 Å². The molecule has 2 N–H and O–H groups in total. The van der Waals surface area contributed by atoms with Crippen molar-refractivity contribution in [1.82, 2.24) is 19.4 Å². The number of likely N-dealkylation sites (N-methyl/N-ethyl adjacent to an activating group) is 2.